The Hall–Kier alpha value is -11.5. The largest absolute Gasteiger partial charge is 0.493 e. The van der Waals surface area contributed by atoms with Crippen molar-refractivity contribution in [1.29, 1.82) is 0 Å². The highest BCUT2D eigenvalue weighted by Gasteiger charge is 2.59. The molecule has 29 heteroatoms. The van der Waals surface area contributed by atoms with Crippen molar-refractivity contribution < 1.29 is 77.0 Å². The summed E-state index contributed by atoms with van der Waals surface area (Å²) in [6.07, 6.45) is 16.0. The number of hydrogen-bond acceptors (Lipinski definition) is 22. The first-order chi connectivity index (χ1) is 52.5. The van der Waals surface area contributed by atoms with Crippen molar-refractivity contribution in [3.05, 3.63) is 275 Å². The summed E-state index contributed by atoms with van der Waals surface area (Å²) in [5, 5.41) is 19.9. The molecular weight excluding hydrogens is 1400 g/mol. The zero-order chi connectivity index (χ0) is 74.9. The molecule has 11 aliphatic rings. The van der Waals surface area contributed by atoms with Crippen LogP contribution in [0.15, 0.2) is 230 Å². The fourth-order valence-electron chi connectivity index (χ4n) is 15.7. The number of allylic oxidation sites excluding steroid dienone is 12. The van der Waals surface area contributed by atoms with Gasteiger partial charge in [-0.3, -0.25) is 18.7 Å². The van der Waals surface area contributed by atoms with Crippen LogP contribution in [0.5, 0.6) is 29.0 Å². The summed E-state index contributed by atoms with van der Waals surface area (Å²) in [6, 6.07) is 31.2. The molecule has 0 spiro atoms. The number of hydrogen-bond donors (Lipinski definition) is 5. The summed E-state index contributed by atoms with van der Waals surface area (Å²) < 4.78 is 80.5. The summed E-state index contributed by atoms with van der Waals surface area (Å²) in [7, 11) is 1.97. The lowest BCUT2D eigenvalue weighted by molar-refractivity contribution is -0.388. The number of benzene rings is 3. The lowest BCUT2D eigenvalue weighted by atomic mass is 9.98. The van der Waals surface area contributed by atoms with Crippen molar-refractivity contribution in [2.75, 3.05) is 26.9 Å². The van der Waals surface area contributed by atoms with Crippen molar-refractivity contribution in [1.82, 2.24) is 38.5 Å². The van der Waals surface area contributed by atoms with Gasteiger partial charge < -0.3 is 86.5 Å². The van der Waals surface area contributed by atoms with E-state index in [2.05, 4.69) is 66.4 Å². The van der Waals surface area contributed by atoms with Gasteiger partial charge in [0.1, 0.15) is 104 Å². The van der Waals surface area contributed by atoms with Gasteiger partial charge in [-0.1, -0.05) is 42.6 Å². The van der Waals surface area contributed by atoms with Crippen molar-refractivity contribution in [2.24, 2.45) is 4.99 Å². The zero-order valence-corrected chi connectivity index (χ0v) is 59.9. The molecule has 4 aromatic heterocycles. The van der Waals surface area contributed by atoms with Gasteiger partial charge in [-0.05, 0) is 143 Å². The van der Waals surface area contributed by atoms with Crippen molar-refractivity contribution >= 4 is 39.4 Å². The van der Waals surface area contributed by atoms with Gasteiger partial charge in [0.05, 0.1) is 28.2 Å². The van der Waals surface area contributed by atoms with Crippen LogP contribution in [0.25, 0.3) is 22.3 Å². The van der Waals surface area contributed by atoms with E-state index in [0.29, 0.717) is 28.7 Å². The second-order valence-corrected chi connectivity index (χ2v) is 29.1. The number of aromatic nitrogens is 7. The van der Waals surface area contributed by atoms with Crippen LogP contribution in [0.3, 0.4) is 0 Å². The van der Waals surface area contributed by atoms with Crippen LogP contribution < -0.4 is 51.8 Å². The van der Waals surface area contributed by atoms with Crippen LogP contribution >= 0.6 is 0 Å². The maximum absolute atomic E-state index is 13.0. The molecule has 8 bridgehead atoms. The molecule has 18 rings (SSSR count). The van der Waals surface area contributed by atoms with Crippen LogP contribution in [-0.4, -0.2) is 160 Å². The number of rotatable bonds is 15. The molecule has 6 fully saturated rings. The predicted octanol–water partition coefficient (Wildman–Crippen LogP) is 4.02. The Balaban J connectivity index is 0.701. The Labute approximate surface area is 620 Å². The highest BCUT2D eigenvalue weighted by atomic mass is 16.8. The van der Waals surface area contributed by atoms with Gasteiger partial charge in [0.15, 0.2) is 41.1 Å². The number of aromatic hydroxyl groups is 2. The summed E-state index contributed by atoms with van der Waals surface area (Å²) in [6.45, 7) is 10.9. The van der Waals surface area contributed by atoms with Gasteiger partial charge in [-0.15, -0.1) is 0 Å². The number of ether oxygens (including phenoxy) is 12. The quantitative estimate of drug-likeness (QED) is 0.0967. The molecule has 0 aliphatic carbocycles. The molecule has 15 heterocycles. The number of aliphatic imine (C=N–C) groups is 1. The molecule has 12 atom stereocenters. The third kappa shape index (κ3) is 13.1. The van der Waals surface area contributed by atoms with Crippen LogP contribution in [0, 0.1) is 0 Å². The van der Waals surface area contributed by atoms with E-state index < -0.39 is 125 Å². The van der Waals surface area contributed by atoms with Crippen LogP contribution in [0.4, 0.5) is 0 Å². The maximum atomic E-state index is 13.0. The Kier molecular flexibility index (Phi) is 17.0. The van der Waals surface area contributed by atoms with Gasteiger partial charge in [-0.2, -0.15) is 9.97 Å². The lowest BCUT2D eigenvalue weighted by Crippen LogP contribution is -2.71. The van der Waals surface area contributed by atoms with Crippen LogP contribution in [-0.2, 0) is 42.6 Å². The number of nitrogens with one attached hydrogen (secondary N) is 3. The van der Waals surface area contributed by atoms with E-state index in [1.807, 2.05) is 121 Å². The molecular formula is C80H74N11O18+. The van der Waals surface area contributed by atoms with Gasteiger partial charge in [0.2, 0.25) is 34.6 Å². The fraction of sp³-hybridized carbons (Fsp3) is 0.312. The van der Waals surface area contributed by atoms with Crippen molar-refractivity contribution in [2.45, 2.75) is 133 Å². The van der Waals surface area contributed by atoms with Gasteiger partial charge >= 0.3 is 11.4 Å². The standard InChI is InChI=1S/C80H73N11O18/c1-78(2)104-66-56(101-72(69(66)107-78)89-35-30-59(92)85-75(89)95)38-98-45-14-8-41(9-15-45)62-48-20-22-50(81-48)63(42-10-16-46(17-11-42)99-39-57-67-70(108-79(3,4)105-67)73(102-57)90-36-31-60(93)86-76(90)96)52-24-26-54(83-52)65(44-28-33-88(7)34-29-44)55-27-25-53(84-55)64(51-23-21-49(62)82-51)43-12-18-47(19-13-43)100-40-58-68-71(109-80(5,6)106-68)74(103-58)91-37-32-61(94)87-77(91)97/h8-37,56-58,66-74H,38-40H2,1-7H3,(H4,81,82,83,84,85,86,87,92,93,94,95,96,97)/p+1/t56-,57-,58-,66-,67-,68-,69-,70-,71-,72-,73-,74-/m1/s1. The number of fused-ring (bicyclic) bond motifs is 8. The third-order valence-corrected chi connectivity index (χ3v) is 20.4. The first-order valence-electron chi connectivity index (χ1n) is 35.7. The molecule has 0 radical (unpaired) electrons. The fourth-order valence-corrected chi connectivity index (χ4v) is 15.7. The molecule has 0 saturated carbocycles. The number of nitrogens with zero attached hydrogens (tertiary/aromatic N) is 8. The van der Waals surface area contributed by atoms with E-state index in [4.69, 9.17) is 61.8 Å². The monoisotopic (exact) mass is 1480 g/mol. The molecule has 3 aromatic carbocycles. The Morgan fingerprint density at radius 2 is 0.881 bits per heavy atom. The van der Waals surface area contributed by atoms with E-state index in [1.54, 1.807) is 41.5 Å². The van der Waals surface area contributed by atoms with E-state index in [0.717, 1.165) is 78.8 Å². The average molecular weight is 1480 g/mol. The highest BCUT2D eigenvalue weighted by molar-refractivity contribution is 6.35. The number of aromatic amines is 1. The molecule has 11 aliphatic heterocycles. The van der Waals surface area contributed by atoms with E-state index >= 15 is 0 Å². The van der Waals surface area contributed by atoms with Crippen LogP contribution in [0.1, 0.15) is 88.3 Å². The van der Waals surface area contributed by atoms with Crippen LogP contribution in [0.2, 0.25) is 0 Å². The molecule has 0 unspecified atom stereocenters. The first-order valence-corrected chi connectivity index (χ1v) is 35.7. The molecule has 5 N–H and O–H groups in total. The topological polar surface area (TPSA) is 334 Å². The Morgan fingerprint density at radius 3 is 1.35 bits per heavy atom. The predicted molar refractivity (Wildman–Crippen MR) is 390 cm³/mol. The second kappa shape index (κ2) is 26.7. The molecule has 0 amide bonds. The SMILES string of the molecule is CN1C=CC(=C2C3=NC(=C(c4ccc(OC[C@H]5O[C@@H](n6ccc(O)nc6=O)[C@@H]6OC(C)(C)O[C@@H]65)cc4)C4=[NH+]C(=C(c5ccc(OC[C@H]6O[C@@H](n7ccc(=O)[n-]c7=O)[C@@H]7OC(C)(C)O[C@@H]76)cc5)C5=[NH+]C(=C(c6ccc(OC[C@H]7O[C@@H](n8ccc(O)nc8=O)[C@@H]8OC(C)(C)O[C@@H]87)cc6)c6ccc2[nH]6)C=C5)C=C4)C=C3)C=C1. The van der Waals surface area contributed by atoms with E-state index in [1.165, 1.54) is 50.5 Å². The summed E-state index contributed by atoms with van der Waals surface area (Å²) in [5.41, 5.74) is 9.85. The van der Waals surface area contributed by atoms with Gasteiger partial charge in [-0.25, -0.2) is 24.6 Å². The molecule has 7 aromatic rings. The first kappa shape index (κ1) is 69.2. The van der Waals surface area contributed by atoms with E-state index in [9.17, 15) is 29.4 Å². The highest BCUT2D eigenvalue weighted by Crippen LogP contribution is 2.47. The minimum atomic E-state index is -0.998. The van der Waals surface area contributed by atoms with Gasteiger partial charge in [0, 0.05) is 79.5 Å². The number of H-pyrrole nitrogens is 1. The summed E-state index contributed by atoms with van der Waals surface area (Å²) in [5.74, 6) is -2.16. The minimum Gasteiger partial charge on any atom is -0.493 e. The van der Waals surface area contributed by atoms with E-state index in [-0.39, 0.29) is 19.8 Å². The molecule has 29 nitrogen and oxygen atoms in total. The summed E-state index contributed by atoms with van der Waals surface area (Å²) >= 11 is 0. The summed E-state index contributed by atoms with van der Waals surface area (Å²) in [4.78, 5) is 81.2. The Bertz CT molecular complexity index is 5530. The van der Waals surface area contributed by atoms with Crippen molar-refractivity contribution in [3.63, 3.8) is 0 Å². The Morgan fingerprint density at radius 1 is 0.468 bits per heavy atom. The normalized spacial score (nSPS) is 27.8. The van der Waals surface area contributed by atoms with Gasteiger partial charge in [0.25, 0.3) is 0 Å². The zero-order valence-electron chi connectivity index (χ0n) is 59.9. The smallest absolute Gasteiger partial charge is 0.353 e. The lowest BCUT2D eigenvalue weighted by Gasteiger charge is -2.28. The average Bonchev–Trinajstić information content (AvgIpc) is 1.62. The van der Waals surface area contributed by atoms with Crippen molar-refractivity contribution in [3.8, 4) is 29.0 Å². The molecule has 109 heavy (non-hydrogen) atoms. The third-order valence-electron chi connectivity index (χ3n) is 20.4. The molecule has 6 saturated heterocycles. The maximum Gasteiger partial charge on any atom is 0.353 e. The second-order valence-electron chi connectivity index (χ2n) is 29.1. The minimum absolute atomic E-state index is 0.0268. The molecule has 556 valence electrons.